The maximum Gasteiger partial charge on any atom is 0.228 e. The fraction of sp³-hybridized carbons (Fsp3) is 0.316. The van der Waals surface area contributed by atoms with E-state index < -0.39 is 0 Å². The van der Waals surface area contributed by atoms with Gasteiger partial charge in [-0.15, -0.1) is 0 Å². The molecule has 0 atom stereocenters. The molecule has 2 aromatic rings. The summed E-state index contributed by atoms with van der Waals surface area (Å²) in [5, 5.41) is 3.00. The van der Waals surface area contributed by atoms with Crippen molar-refractivity contribution in [3.8, 4) is 0 Å². The monoisotopic (exact) mass is 337 g/mol. The van der Waals surface area contributed by atoms with Gasteiger partial charge in [0.2, 0.25) is 5.91 Å². The van der Waals surface area contributed by atoms with Crippen molar-refractivity contribution in [2.75, 3.05) is 5.32 Å². The van der Waals surface area contributed by atoms with E-state index in [9.17, 15) is 4.79 Å². The number of benzene rings is 2. The van der Waals surface area contributed by atoms with Crippen LogP contribution in [0, 0.1) is 0 Å². The lowest BCUT2D eigenvalue weighted by Gasteiger charge is -2.16. The van der Waals surface area contributed by atoms with Crippen molar-refractivity contribution in [1.82, 2.24) is 21.9 Å². The molecule has 6 nitrogen and oxygen atoms in total. The van der Waals surface area contributed by atoms with E-state index in [2.05, 4.69) is 45.4 Å². The SMILES string of the molecule is O=C(Cc1ccc2c(c1)CCCC2)Nc1cccc(C2NNNN2)c1. The van der Waals surface area contributed by atoms with E-state index in [1.165, 1.54) is 30.4 Å². The van der Waals surface area contributed by atoms with Crippen LogP contribution in [0.3, 0.4) is 0 Å². The molecule has 25 heavy (non-hydrogen) atoms. The lowest BCUT2D eigenvalue weighted by Crippen LogP contribution is -2.33. The predicted octanol–water partition coefficient (Wildman–Crippen LogP) is 1.86. The van der Waals surface area contributed by atoms with Crippen LogP contribution in [0.4, 0.5) is 5.69 Å². The number of anilines is 1. The highest BCUT2D eigenvalue weighted by molar-refractivity contribution is 5.92. The molecule has 130 valence electrons. The average Bonchev–Trinajstić information content (AvgIpc) is 3.16. The third-order valence-corrected chi connectivity index (χ3v) is 4.78. The highest BCUT2D eigenvalue weighted by atomic mass is 16.1. The second-order valence-electron chi connectivity index (χ2n) is 6.63. The Kier molecular flexibility index (Phi) is 4.76. The molecule has 0 aromatic heterocycles. The van der Waals surface area contributed by atoms with Crippen molar-refractivity contribution >= 4 is 11.6 Å². The number of nitrogens with one attached hydrogen (secondary N) is 5. The second kappa shape index (κ2) is 7.33. The Hall–Kier alpha value is -2.25. The molecule has 1 amide bonds. The Morgan fingerprint density at radius 2 is 1.80 bits per heavy atom. The summed E-state index contributed by atoms with van der Waals surface area (Å²) in [6.45, 7) is 0. The molecule has 1 heterocycles. The first-order valence-corrected chi connectivity index (χ1v) is 8.79. The number of rotatable bonds is 4. The summed E-state index contributed by atoms with van der Waals surface area (Å²) in [5.41, 5.74) is 17.4. The first-order valence-electron chi connectivity index (χ1n) is 8.79. The van der Waals surface area contributed by atoms with Crippen LogP contribution in [0.5, 0.6) is 0 Å². The number of amides is 1. The molecule has 1 aliphatic carbocycles. The molecule has 0 unspecified atom stereocenters. The van der Waals surface area contributed by atoms with Crippen molar-refractivity contribution in [3.05, 3.63) is 64.7 Å². The molecule has 4 rings (SSSR count). The van der Waals surface area contributed by atoms with Crippen LogP contribution in [0.15, 0.2) is 42.5 Å². The Labute approximate surface area is 147 Å². The molecular weight excluding hydrogens is 314 g/mol. The standard InChI is InChI=1S/C19H23N5O/c25-18(11-13-8-9-14-4-1-2-5-15(14)10-13)20-17-7-3-6-16(12-17)19-21-23-24-22-19/h3,6-10,12,19,21-24H,1-2,4-5,11H2,(H,20,25). The Balaban J connectivity index is 1.41. The summed E-state index contributed by atoms with van der Waals surface area (Å²) in [4.78, 5) is 12.4. The van der Waals surface area contributed by atoms with Crippen molar-refractivity contribution in [2.24, 2.45) is 0 Å². The number of carbonyl (C=O) groups is 1. The first kappa shape index (κ1) is 16.2. The zero-order valence-corrected chi connectivity index (χ0v) is 14.1. The van der Waals surface area contributed by atoms with Gasteiger partial charge in [0.25, 0.3) is 0 Å². The van der Waals surface area contributed by atoms with Crippen LogP contribution in [0.1, 0.15) is 41.3 Å². The molecule has 6 heteroatoms. The summed E-state index contributed by atoms with van der Waals surface area (Å²) in [7, 11) is 0. The van der Waals surface area contributed by atoms with Gasteiger partial charge in [-0.1, -0.05) is 30.3 Å². The Morgan fingerprint density at radius 3 is 2.64 bits per heavy atom. The van der Waals surface area contributed by atoms with Crippen molar-refractivity contribution < 1.29 is 4.79 Å². The molecule has 0 bridgehead atoms. The van der Waals surface area contributed by atoms with E-state index in [0.29, 0.717) is 6.42 Å². The van der Waals surface area contributed by atoms with E-state index in [-0.39, 0.29) is 12.1 Å². The summed E-state index contributed by atoms with van der Waals surface area (Å²) < 4.78 is 0. The minimum Gasteiger partial charge on any atom is -0.326 e. The summed E-state index contributed by atoms with van der Waals surface area (Å²) in [5.74, 6) is 0.0106. The van der Waals surface area contributed by atoms with Gasteiger partial charge in [0, 0.05) is 5.69 Å². The van der Waals surface area contributed by atoms with E-state index >= 15 is 0 Å². The van der Waals surface area contributed by atoms with Crippen LogP contribution in [0.2, 0.25) is 0 Å². The Bertz CT molecular complexity index is 770. The molecule has 2 aromatic carbocycles. The van der Waals surface area contributed by atoms with Crippen molar-refractivity contribution in [2.45, 2.75) is 38.3 Å². The van der Waals surface area contributed by atoms with Crippen molar-refractivity contribution in [3.63, 3.8) is 0 Å². The minimum atomic E-state index is -0.0440. The quantitative estimate of drug-likeness (QED) is 0.589. The Morgan fingerprint density at radius 1 is 1.00 bits per heavy atom. The largest absolute Gasteiger partial charge is 0.326 e. The lowest BCUT2D eigenvalue weighted by molar-refractivity contribution is -0.115. The lowest BCUT2D eigenvalue weighted by atomic mass is 9.90. The zero-order valence-electron chi connectivity index (χ0n) is 14.1. The third kappa shape index (κ3) is 3.88. The van der Waals surface area contributed by atoms with E-state index in [4.69, 9.17) is 0 Å². The van der Waals surface area contributed by atoms with Crippen LogP contribution < -0.4 is 27.2 Å². The number of aryl methyl sites for hydroxylation is 2. The van der Waals surface area contributed by atoms with Gasteiger partial charge in [0.1, 0.15) is 6.17 Å². The maximum atomic E-state index is 12.4. The number of hydrogen-bond acceptors (Lipinski definition) is 5. The van der Waals surface area contributed by atoms with E-state index in [1.807, 2.05) is 24.3 Å². The summed E-state index contributed by atoms with van der Waals surface area (Å²) in [6, 6.07) is 14.3. The maximum absolute atomic E-state index is 12.4. The van der Waals surface area contributed by atoms with Crippen LogP contribution in [0.25, 0.3) is 0 Å². The highest BCUT2D eigenvalue weighted by Crippen LogP contribution is 2.23. The smallest absolute Gasteiger partial charge is 0.228 e. The molecule has 0 spiro atoms. The normalized spacial score (nSPS) is 17.3. The summed E-state index contributed by atoms with van der Waals surface area (Å²) >= 11 is 0. The average molecular weight is 337 g/mol. The molecule has 1 saturated heterocycles. The van der Waals surface area contributed by atoms with E-state index in [0.717, 1.165) is 23.2 Å². The van der Waals surface area contributed by atoms with Gasteiger partial charge >= 0.3 is 0 Å². The molecule has 5 N–H and O–H groups in total. The number of hydrogen-bond donors (Lipinski definition) is 5. The first-order chi connectivity index (χ1) is 12.3. The van der Waals surface area contributed by atoms with Gasteiger partial charge in [0.05, 0.1) is 6.42 Å². The van der Waals surface area contributed by atoms with Gasteiger partial charge in [-0.25, -0.2) is 10.9 Å². The zero-order chi connectivity index (χ0) is 17.1. The van der Waals surface area contributed by atoms with Gasteiger partial charge in [-0.05, 0) is 60.1 Å². The van der Waals surface area contributed by atoms with Crippen molar-refractivity contribution in [1.29, 1.82) is 0 Å². The van der Waals surface area contributed by atoms with Gasteiger partial charge in [0.15, 0.2) is 0 Å². The van der Waals surface area contributed by atoms with Gasteiger partial charge < -0.3 is 5.32 Å². The third-order valence-electron chi connectivity index (χ3n) is 4.78. The minimum absolute atomic E-state index is 0.0106. The topological polar surface area (TPSA) is 77.2 Å². The number of fused-ring (bicyclic) bond motifs is 1. The second-order valence-corrected chi connectivity index (χ2v) is 6.63. The van der Waals surface area contributed by atoms with Gasteiger partial charge in [-0.3, -0.25) is 4.79 Å². The number of carbonyl (C=O) groups excluding carboxylic acids is 1. The molecule has 1 fully saturated rings. The molecule has 0 saturated carbocycles. The highest BCUT2D eigenvalue weighted by Gasteiger charge is 2.15. The molecule has 2 aliphatic rings. The van der Waals surface area contributed by atoms with Crippen LogP contribution in [-0.4, -0.2) is 5.91 Å². The predicted molar refractivity (Wildman–Crippen MR) is 97.1 cm³/mol. The summed E-state index contributed by atoms with van der Waals surface area (Å²) in [6.07, 6.45) is 5.19. The molecular formula is C19H23N5O. The van der Waals surface area contributed by atoms with Crippen LogP contribution in [-0.2, 0) is 24.1 Å². The molecule has 1 aliphatic heterocycles. The fourth-order valence-electron chi connectivity index (χ4n) is 3.50. The van der Waals surface area contributed by atoms with Gasteiger partial charge in [-0.2, -0.15) is 11.1 Å². The van der Waals surface area contributed by atoms with E-state index in [1.54, 1.807) is 0 Å². The molecule has 0 radical (unpaired) electrons. The number of hydrazine groups is 3. The van der Waals surface area contributed by atoms with Crippen LogP contribution >= 0.6 is 0 Å². The fourth-order valence-corrected chi connectivity index (χ4v) is 3.50.